The topological polar surface area (TPSA) is 67.2 Å². The molecule has 0 spiro atoms. The molecule has 192 valence electrons. The van der Waals surface area contributed by atoms with Crippen molar-refractivity contribution in [3.63, 3.8) is 0 Å². The lowest BCUT2D eigenvalue weighted by atomic mass is 10.2. The zero-order valence-corrected chi connectivity index (χ0v) is 22.2. The Morgan fingerprint density at radius 3 is 2.43 bits per heavy atom. The molecule has 0 radical (unpaired) electrons. The van der Waals surface area contributed by atoms with Crippen LogP contribution in [0.2, 0.25) is 10.0 Å². The number of nitrogens with zero attached hydrogens (tertiary/aromatic N) is 6. The van der Waals surface area contributed by atoms with E-state index in [9.17, 15) is 9.18 Å². The van der Waals surface area contributed by atoms with Gasteiger partial charge in [0.15, 0.2) is 5.65 Å². The Balaban J connectivity index is 1.49. The lowest BCUT2D eigenvalue weighted by Gasteiger charge is -2.24. The third kappa shape index (κ3) is 5.26. The van der Waals surface area contributed by atoms with Gasteiger partial charge in [0.25, 0.3) is 5.91 Å². The number of benzene rings is 2. The van der Waals surface area contributed by atoms with Gasteiger partial charge >= 0.3 is 0 Å². The van der Waals surface area contributed by atoms with E-state index in [0.29, 0.717) is 40.9 Å². The first-order valence-corrected chi connectivity index (χ1v) is 13.1. The van der Waals surface area contributed by atoms with Gasteiger partial charge < -0.3 is 9.80 Å². The molecule has 10 heteroatoms. The number of anilines is 1. The number of hydrogen-bond donors (Lipinski definition) is 0. The van der Waals surface area contributed by atoms with Crippen molar-refractivity contribution in [2.45, 2.75) is 33.1 Å². The predicted molar refractivity (Wildman–Crippen MR) is 145 cm³/mol. The Labute approximate surface area is 224 Å². The van der Waals surface area contributed by atoms with E-state index in [0.717, 1.165) is 54.2 Å². The number of rotatable bonds is 5. The summed E-state index contributed by atoms with van der Waals surface area (Å²) < 4.78 is 15.3. The number of aromatic nitrogens is 4. The highest BCUT2D eigenvalue weighted by Crippen LogP contribution is 2.30. The second-order valence-electron chi connectivity index (χ2n) is 9.18. The monoisotopic (exact) mass is 540 g/mol. The van der Waals surface area contributed by atoms with Crippen molar-refractivity contribution in [3.05, 3.63) is 75.4 Å². The van der Waals surface area contributed by atoms with Gasteiger partial charge in [0.05, 0.1) is 16.8 Å². The summed E-state index contributed by atoms with van der Waals surface area (Å²) in [5.74, 6) is 1.16. The van der Waals surface area contributed by atoms with Crippen molar-refractivity contribution in [3.8, 4) is 5.69 Å². The summed E-state index contributed by atoms with van der Waals surface area (Å²) in [5.41, 5.74) is 2.71. The van der Waals surface area contributed by atoms with Gasteiger partial charge in [-0.25, -0.2) is 19.0 Å². The maximum absolute atomic E-state index is 13.6. The molecular formula is C27H27Cl2FN6O. The molecule has 1 fully saturated rings. The number of hydrogen-bond acceptors (Lipinski definition) is 5. The number of carbonyl (C=O) groups is 1. The van der Waals surface area contributed by atoms with E-state index in [-0.39, 0.29) is 11.7 Å². The van der Waals surface area contributed by atoms with Crippen LogP contribution in [0, 0.1) is 12.7 Å². The van der Waals surface area contributed by atoms with Gasteiger partial charge in [-0.15, -0.1) is 0 Å². The van der Waals surface area contributed by atoms with Crippen molar-refractivity contribution >= 4 is 46.0 Å². The Morgan fingerprint density at radius 1 is 1.00 bits per heavy atom. The van der Waals surface area contributed by atoms with E-state index < -0.39 is 0 Å². The van der Waals surface area contributed by atoms with Crippen LogP contribution < -0.4 is 4.90 Å². The van der Waals surface area contributed by atoms with Gasteiger partial charge in [-0.3, -0.25) is 4.79 Å². The quantitative estimate of drug-likeness (QED) is 0.316. The number of carbonyl (C=O) groups excluding carboxylic acids is 1. The van der Waals surface area contributed by atoms with Crippen LogP contribution in [0.25, 0.3) is 16.7 Å². The van der Waals surface area contributed by atoms with Gasteiger partial charge in [0.1, 0.15) is 17.5 Å². The van der Waals surface area contributed by atoms with E-state index in [1.165, 1.54) is 12.1 Å². The number of halogens is 3. The minimum Gasteiger partial charge on any atom is -0.354 e. The molecule has 0 bridgehead atoms. The Morgan fingerprint density at radius 2 is 1.73 bits per heavy atom. The van der Waals surface area contributed by atoms with E-state index in [2.05, 4.69) is 11.8 Å². The summed E-state index contributed by atoms with van der Waals surface area (Å²) >= 11 is 12.3. The molecule has 0 aliphatic carbocycles. The third-order valence-electron chi connectivity index (χ3n) is 6.47. The molecule has 5 rings (SSSR count). The molecule has 0 unspecified atom stereocenters. The molecule has 3 heterocycles. The van der Waals surface area contributed by atoms with E-state index in [1.54, 1.807) is 35.0 Å². The minimum absolute atomic E-state index is 0.0916. The average Bonchev–Trinajstić information content (AvgIpc) is 3.03. The molecule has 1 saturated heterocycles. The van der Waals surface area contributed by atoms with Crippen LogP contribution in [0.4, 0.5) is 10.2 Å². The van der Waals surface area contributed by atoms with Crippen LogP contribution >= 0.6 is 23.2 Å². The molecule has 4 aromatic rings. The maximum atomic E-state index is 13.6. The summed E-state index contributed by atoms with van der Waals surface area (Å²) in [7, 11) is 0. The van der Waals surface area contributed by atoms with Crippen LogP contribution in [0.3, 0.4) is 0 Å². The standard InChI is InChI=1S/C27H27Cl2FN6O/c1-3-5-23-31-25(24-17(2)33-36(26(24)32-23)22-8-6-21(30)7-9-22)34-10-4-11-35(13-12-34)27(37)18-14-19(28)16-20(29)15-18/h6-9,14-16H,3-5,10-13H2,1-2H3. The first-order chi connectivity index (χ1) is 17.8. The molecule has 7 nitrogen and oxygen atoms in total. The highest BCUT2D eigenvalue weighted by atomic mass is 35.5. The van der Waals surface area contributed by atoms with Crippen molar-refractivity contribution in [2.75, 3.05) is 31.1 Å². The summed E-state index contributed by atoms with van der Waals surface area (Å²) in [5, 5.41) is 6.49. The van der Waals surface area contributed by atoms with Crippen LogP contribution in [0.15, 0.2) is 42.5 Å². The average molecular weight is 541 g/mol. The lowest BCUT2D eigenvalue weighted by Crippen LogP contribution is -2.35. The molecule has 0 N–H and O–H groups in total. The van der Waals surface area contributed by atoms with E-state index >= 15 is 0 Å². The highest BCUT2D eigenvalue weighted by molar-refractivity contribution is 6.35. The second-order valence-corrected chi connectivity index (χ2v) is 10.0. The zero-order valence-electron chi connectivity index (χ0n) is 20.7. The van der Waals surface area contributed by atoms with Gasteiger partial charge in [-0.05, 0) is 62.2 Å². The molecule has 2 aromatic heterocycles. The molecule has 1 amide bonds. The smallest absolute Gasteiger partial charge is 0.254 e. The summed E-state index contributed by atoms with van der Waals surface area (Å²) in [6.45, 7) is 6.52. The summed E-state index contributed by atoms with van der Waals surface area (Å²) in [6, 6.07) is 11.1. The van der Waals surface area contributed by atoms with Crippen LogP contribution in [-0.2, 0) is 6.42 Å². The predicted octanol–water partition coefficient (Wildman–Crippen LogP) is 5.87. The molecule has 2 aromatic carbocycles. The second kappa shape index (κ2) is 10.6. The molecular weight excluding hydrogens is 514 g/mol. The minimum atomic E-state index is -0.303. The van der Waals surface area contributed by atoms with Gasteiger partial charge in [0, 0.05) is 48.2 Å². The van der Waals surface area contributed by atoms with Gasteiger partial charge in [0.2, 0.25) is 0 Å². The largest absolute Gasteiger partial charge is 0.354 e. The Kier molecular flexibility index (Phi) is 7.31. The lowest BCUT2D eigenvalue weighted by molar-refractivity contribution is 0.0767. The fourth-order valence-corrected chi connectivity index (χ4v) is 5.25. The number of amides is 1. The maximum Gasteiger partial charge on any atom is 0.254 e. The molecule has 1 aliphatic heterocycles. The van der Waals surface area contributed by atoms with Crippen molar-refractivity contribution in [1.82, 2.24) is 24.6 Å². The summed E-state index contributed by atoms with van der Waals surface area (Å²) in [6.07, 6.45) is 2.41. The molecule has 37 heavy (non-hydrogen) atoms. The van der Waals surface area contributed by atoms with Crippen LogP contribution in [0.5, 0.6) is 0 Å². The fraction of sp³-hybridized carbons (Fsp3) is 0.333. The van der Waals surface area contributed by atoms with Crippen molar-refractivity contribution in [1.29, 1.82) is 0 Å². The normalized spacial score (nSPS) is 14.3. The fourth-order valence-electron chi connectivity index (χ4n) is 4.72. The van der Waals surface area contributed by atoms with Crippen molar-refractivity contribution < 1.29 is 9.18 Å². The first-order valence-electron chi connectivity index (χ1n) is 12.4. The van der Waals surface area contributed by atoms with Gasteiger partial charge in [-0.2, -0.15) is 5.10 Å². The van der Waals surface area contributed by atoms with Crippen LogP contribution in [-0.4, -0.2) is 56.7 Å². The Bertz CT molecular complexity index is 1440. The highest BCUT2D eigenvalue weighted by Gasteiger charge is 2.25. The van der Waals surface area contributed by atoms with E-state index in [4.69, 9.17) is 38.3 Å². The zero-order chi connectivity index (χ0) is 26.1. The number of aryl methyl sites for hydroxylation is 2. The van der Waals surface area contributed by atoms with Gasteiger partial charge in [-0.1, -0.05) is 30.1 Å². The number of fused-ring (bicyclic) bond motifs is 1. The third-order valence-corrected chi connectivity index (χ3v) is 6.90. The molecule has 1 aliphatic rings. The molecule has 0 saturated carbocycles. The summed E-state index contributed by atoms with van der Waals surface area (Å²) in [4.78, 5) is 27.1. The van der Waals surface area contributed by atoms with E-state index in [1.807, 2.05) is 11.8 Å². The van der Waals surface area contributed by atoms with Crippen LogP contribution in [0.1, 0.15) is 41.6 Å². The molecule has 0 atom stereocenters. The Hall–Kier alpha value is -3.23. The first kappa shape index (κ1) is 25.4. The SMILES string of the molecule is CCCc1nc(N2CCCN(C(=O)c3cc(Cl)cc(Cl)c3)CC2)c2c(C)nn(-c3ccc(F)cc3)c2n1. The van der Waals surface area contributed by atoms with Crippen molar-refractivity contribution in [2.24, 2.45) is 0 Å².